The van der Waals surface area contributed by atoms with Gasteiger partial charge in [-0.2, -0.15) is 10.2 Å². The van der Waals surface area contributed by atoms with Gasteiger partial charge in [0.25, 0.3) is 0 Å². The molecule has 0 saturated carbocycles. The van der Waals surface area contributed by atoms with E-state index in [9.17, 15) is 4.79 Å². The zero-order valence-electron chi connectivity index (χ0n) is 16.1. The summed E-state index contributed by atoms with van der Waals surface area (Å²) in [7, 11) is 4.02. The number of amides is 1. The van der Waals surface area contributed by atoms with Crippen LogP contribution < -0.4 is 4.90 Å². The van der Waals surface area contributed by atoms with Gasteiger partial charge >= 0.3 is 0 Å². The molecular formula is C21H22N6O. The molecule has 142 valence electrons. The lowest BCUT2D eigenvalue weighted by molar-refractivity contribution is -0.130. The minimum atomic E-state index is -0.0845. The van der Waals surface area contributed by atoms with Crippen LogP contribution >= 0.6 is 0 Å². The summed E-state index contributed by atoms with van der Waals surface area (Å²) in [4.78, 5) is 18.2. The normalized spacial score (nSPS) is 16.2. The number of benzene rings is 2. The molecule has 0 N–H and O–H groups in total. The van der Waals surface area contributed by atoms with Gasteiger partial charge in [0.15, 0.2) is 0 Å². The fourth-order valence-corrected chi connectivity index (χ4v) is 3.38. The van der Waals surface area contributed by atoms with Crippen LogP contribution in [-0.4, -0.2) is 45.5 Å². The lowest BCUT2D eigenvalue weighted by atomic mass is 9.98. The fraction of sp³-hybridized carbons (Fsp3) is 0.238. The van der Waals surface area contributed by atoms with E-state index in [0.717, 1.165) is 28.2 Å². The molecule has 7 nitrogen and oxygen atoms in total. The lowest BCUT2D eigenvalue weighted by Crippen LogP contribution is -2.24. The molecule has 1 unspecified atom stereocenters. The molecule has 0 fully saturated rings. The molecule has 1 aliphatic rings. The summed E-state index contributed by atoms with van der Waals surface area (Å²) in [5.41, 5.74) is 5.04. The Bertz CT molecular complexity index is 990. The number of anilines is 1. The summed E-state index contributed by atoms with van der Waals surface area (Å²) in [5.74, 6) is -0.0593. The van der Waals surface area contributed by atoms with Crippen molar-refractivity contribution in [2.75, 3.05) is 19.0 Å². The van der Waals surface area contributed by atoms with Gasteiger partial charge in [-0.3, -0.25) is 4.79 Å². The number of carbonyl (C=O) groups is 1. The van der Waals surface area contributed by atoms with Gasteiger partial charge < -0.3 is 4.90 Å². The first-order valence-corrected chi connectivity index (χ1v) is 9.13. The SMILES string of the molecule is CC(=O)N1N=C(c2ccc(-n3cncn3)cc2)CC1c1ccc(N(C)C)cc1. The highest BCUT2D eigenvalue weighted by Gasteiger charge is 2.31. The zero-order chi connectivity index (χ0) is 19.7. The first kappa shape index (κ1) is 17.9. The van der Waals surface area contributed by atoms with Crippen LogP contribution in [0.4, 0.5) is 5.69 Å². The molecule has 2 aromatic carbocycles. The second kappa shape index (κ2) is 7.26. The Hall–Kier alpha value is -3.48. The molecular weight excluding hydrogens is 352 g/mol. The molecule has 0 radical (unpaired) electrons. The Balaban J connectivity index is 1.59. The van der Waals surface area contributed by atoms with Crippen molar-refractivity contribution in [3.8, 4) is 5.69 Å². The maximum Gasteiger partial charge on any atom is 0.240 e. The Kier molecular flexibility index (Phi) is 4.65. The van der Waals surface area contributed by atoms with Crippen molar-refractivity contribution in [1.82, 2.24) is 19.8 Å². The molecule has 28 heavy (non-hydrogen) atoms. The summed E-state index contributed by atoms with van der Waals surface area (Å²) in [6, 6.07) is 16.2. The highest BCUT2D eigenvalue weighted by Crippen LogP contribution is 2.33. The first-order valence-electron chi connectivity index (χ1n) is 9.13. The van der Waals surface area contributed by atoms with Crippen LogP contribution in [0.1, 0.15) is 30.5 Å². The smallest absolute Gasteiger partial charge is 0.240 e. The molecule has 2 heterocycles. The highest BCUT2D eigenvalue weighted by atomic mass is 16.2. The molecule has 1 aromatic heterocycles. The average Bonchev–Trinajstić information content (AvgIpc) is 3.38. The van der Waals surface area contributed by atoms with Gasteiger partial charge in [0.1, 0.15) is 12.7 Å². The van der Waals surface area contributed by atoms with E-state index in [4.69, 9.17) is 0 Å². The summed E-state index contributed by atoms with van der Waals surface area (Å²) in [5, 5.41) is 10.3. The molecule has 1 aliphatic heterocycles. The maximum absolute atomic E-state index is 12.2. The van der Waals surface area contributed by atoms with E-state index >= 15 is 0 Å². The van der Waals surface area contributed by atoms with Gasteiger partial charge in [-0.15, -0.1) is 0 Å². The van der Waals surface area contributed by atoms with Crippen molar-refractivity contribution in [2.45, 2.75) is 19.4 Å². The minimum absolute atomic E-state index is 0.0593. The number of carbonyl (C=O) groups excluding carboxylic acids is 1. The van der Waals surface area contributed by atoms with Crippen LogP contribution in [0.25, 0.3) is 5.69 Å². The van der Waals surface area contributed by atoms with E-state index in [2.05, 4.69) is 44.3 Å². The van der Waals surface area contributed by atoms with Gasteiger partial charge in [0, 0.05) is 33.1 Å². The minimum Gasteiger partial charge on any atom is -0.378 e. The molecule has 0 aliphatic carbocycles. The number of hydrogen-bond acceptors (Lipinski definition) is 5. The van der Waals surface area contributed by atoms with Crippen LogP contribution in [0.2, 0.25) is 0 Å². The second-order valence-corrected chi connectivity index (χ2v) is 7.00. The summed E-state index contributed by atoms with van der Waals surface area (Å²) in [6.45, 7) is 1.56. The lowest BCUT2D eigenvalue weighted by Gasteiger charge is -2.21. The number of hydrazone groups is 1. The largest absolute Gasteiger partial charge is 0.378 e. The molecule has 0 saturated heterocycles. The van der Waals surface area contributed by atoms with Crippen LogP contribution in [0.5, 0.6) is 0 Å². The van der Waals surface area contributed by atoms with Gasteiger partial charge in [0.2, 0.25) is 5.91 Å². The molecule has 3 aromatic rings. The van der Waals surface area contributed by atoms with E-state index in [0.29, 0.717) is 6.42 Å². The monoisotopic (exact) mass is 374 g/mol. The van der Waals surface area contributed by atoms with Crippen LogP contribution in [0.15, 0.2) is 66.3 Å². The summed E-state index contributed by atoms with van der Waals surface area (Å²) >= 11 is 0. The van der Waals surface area contributed by atoms with E-state index < -0.39 is 0 Å². The first-order chi connectivity index (χ1) is 13.5. The van der Waals surface area contributed by atoms with Crippen molar-refractivity contribution in [3.63, 3.8) is 0 Å². The van der Waals surface area contributed by atoms with E-state index in [1.54, 1.807) is 22.9 Å². The van der Waals surface area contributed by atoms with Crippen molar-refractivity contribution in [2.24, 2.45) is 5.10 Å². The Morgan fingerprint density at radius 1 is 1.07 bits per heavy atom. The highest BCUT2D eigenvalue weighted by molar-refractivity contribution is 6.03. The molecule has 7 heteroatoms. The second-order valence-electron chi connectivity index (χ2n) is 7.00. The van der Waals surface area contributed by atoms with Gasteiger partial charge in [-0.1, -0.05) is 24.3 Å². The Morgan fingerprint density at radius 2 is 1.79 bits per heavy atom. The Labute approximate surface area is 163 Å². The topological polar surface area (TPSA) is 66.6 Å². The molecule has 4 rings (SSSR count). The van der Waals surface area contributed by atoms with E-state index in [1.165, 1.54) is 6.33 Å². The predicted octanol–water partition coefficient (Wildman–Crippen LogP) is 3.03. The van der Waals surface area contributed by atoms with E-state index in [1.807, 2.05) is 38.4 Å². The number of hydrogen-bond donors (Lipinski definition) is 0. The Morgan fingerprint density at radius 3 is 2.36 bits per heavy atom. The predicted molar refractivity (Wildman–Crippen MR) is 109 cm³/mol. The van der Waals surface area contributed by atoms with Crippen molar-refractivity contribution in [1.29, 1.82) is 0 Å². The summed E-state index contributed by atoms with van der Waals surface area (Å²) < 4.78 is 1.71. The van der Waals surface area contributed by atoms with Gasteiger partial charge in [-0.05, 0) is 35.4 Å². The van der Waals surface area contributed by atoms with Crippen LogP contribution in [0.3, 0.4) is 0 Å². The molecule has 1 amide bonds. The molecule has 0 bridgehead atoms. The summed E-state index contributed by atoms with van der Waals surface area (Å²) in [6.07, 6.45) is 3.85. The molecule has 1 atom stereocenters. The van der Waals surface area contributed by atoms with Gasteiger partial charge in [-0.25, -0.2) is 14.7 Å². The quantitative estimate of drug-likeness (QED) is 0.704. The van der Waals surface area contributed by atoms with Crippen molar-refractivity contribution < 1.29 is 4.79 Å². The molecule has 0 spiro atoms. The number of nitrogens with zero attached hydrogens (tertiary/aromatic N) is 6. The van der Waals surface area contributed by atoms with E-state index in [-0.39, 0.29) is 11.9 Å². The fourth-order valence-electron chi connectivity index (χ4n) is 3.38. The van der Waals surface area contributed by atoms with Crippen molar-refractivity contribution >= 4 is 17.3 Å². The van der Waals surface area contributed by atoms with Crippen molar-refractivity contribution in [3.05, 3.63) is 72.3 Å². The third-order valence-corrected chi connectivity index (χ3v) is 4.91. The number of rotatable bonds is 4. The number of aromatic nitrogens is 3. The third-order valence-electron chi connectivity index (χ3n) is 4.91. The maximum atomic E-state index is 12.2. The van der Waals surface area contributed by atoms with Crippen LogP contribution in [0, 0.1) is 0 Å². The third kappa shape index (κ3) is 3.38. The van der Waals surface area contributed by atoms with Crippen LogP contribution in [-0.2, 0) is 4.79 Å². The average molecular weight is 374 g/mol. The standard InChI is InChI=1S/C21H22N6O/c1-15(28)27-21(17-6-8-18(9-7-17)25(2)3)12-20(24-27)16-4-10-19(11-5-16)26-14-22-13-23-26/h4-11,13-14,21H,12H2,1-3H3. The zero-order valence-corrected chi connectivity index (χ0v) is 16.1. The van der Waals surface area contributed by atoms with Gasteiger partial charge in [0.05, 0.1) is 17.4 Å².